The molecule has 0 aromatic heterocycles. The van der Waals surface area contributed by atoms with Crippen LogP contribution in [0.4, 0.5) is 11.4 Å². The molecule has 6 heteroatoms. The van der Waals surface area contributed by atoms with E-state index in [1.807, 2.05) is 24.3 Å². The molecule has 1 aromatic rings. The van der Waals surface area contributed by atoms with Crippen LogP contribution in [0.2, 0.25) is 0 Å². The van der Waals surface area contributed by atoms with E-state index in [2.05, 4.69) is 19.2 Å². The molecule has 1 atom stereocenters. The maximum Gasteiger partial charge on any atom is 0.229 e. The Morgan fingerprint density at radius 2 is 2.00 bits per heavy atom. The SMILES string of the molecule is CC(C)CN1CC(C(=O)Nc2ccccc2N2CCCC2=O)CC1=O. The number of benzene rings is 1. The van der Waals surface area contributed by atoms with Gasteiger partial charge in [-0.05, 0) is 24.5 Å². The summed E-state index contributed by atoms with van der Waals surface area (Å²) < 4.78 is 0. The number of hydrogen-bond acceptors (Lipinski definition) is 3. The lowest BCUT2D eigenvalue weighted by Crippen LogP contribution is -2.31. The van der Waals surface area contributed by atoms with Crippen LogP contribution in [0.25, 0.3) is 0 Å². The number of anilines is 2. The van der Waals surface area contributed by atoms with Crippen LogP contribution in [0.5, 0.6) is 0 Å². The minimum Gasteiger partial charge on any atom is -0.342 e. The highest BCUT2D eigenvalue weighted by molar-refractivity contribution is 6.03. The summed E-state index contributed by atoms with van der Waals surface area (Å²) in [6.07, 6.45) is 1.63. The van der Waals surface area contributed by atoms with E-state index in [4.69, 9.17) is 0 Å². The molecule has 0 bridgehead atoms. The van der Waals surface area contributed by atoms with Gasteiger partial charge >= 0.3 is 0 Å². The number of carbonyl (C=O) groups excluding carboxylic acids is 3. The Hall–Kier alpha value is -2.37. The van der Waals surface area contributed by atoms with E-state index in [0.29, 0.717) is 37.7 Å². The van der Waals surface area contributed by atoms with Crippen molar-refractivity contribution in [2.75, 3.05) is 29.9 Å². The van der Waals surface area contributed by atoms with Crippen LogP contribution >= 0.6 is 0 Å². The standard InChI is InChI=1S/C19H25N3O3/c1-13(2)11-21-12-14(10-18(21)24)19(25)20-15-6-3-4-7-16(15)22-9-5-8-17(22)23/h3-4,6-7,13-14H,5,8-12H2,1-2H3,(H,20,25). The van der Waals surface area contributed by atoms with Gasteiger partial charge in [-0.2, -0.15) is 0 Å². The van der Waals surface area contributed by atoms with E-state index in [0.717, 1.165) is 12.1 Å². The Labute approximate surface area is 148 Å². The Morgan fingerprint density at radius 3 is 2.68 bits per heavy atom. The first kappa shape index (κ1) is 17.5. The summed E-state index contributed by atoms with van der Waals surface area (Å²) in [5.74, 6) is 0.0117. The second kappa shape index (κ2) is 7.25. The van der Waals surface area contributed by atoms with Crippen molar-refractivity contribution in [1.82, 2.24) is 4.90 Å². The highest BCUT2D eigenvalue weighted by atomic mass is 16.2. The fourth-order valence-electron chi connectivity index (χ4n) is 3.52. The summed E-state index contributed by atoms with van der Waals surface area (Å²) in [5.41, 5.74) is 1.37. The number of hydrogen-bond donors (Lipinski definition) is 1. The van der Waals surface area contributed by atoms with Crippen LogP contribution in [0.15, 0.2) is 24.3 Å². The van der Waals surface area contributed by atoms with Crippen molar-refractivity contribution in [3.8, 4) is 0 Å². The lowest BCUT2D eigenvalue weighted by Gasteiger charge is -2.21. The predicted molar refractivity (Wildman–Crippen MR) is 96.2 cm³/mol. The summed E-state index contributed by atoms with van der Waals surface area (Å²) in [6.45, 7) is 5.94. The second-order valence-corrected chi connectivity index (χ2v) is 7.25. The lowest BCUT2D eigenvalue weighted by atomic mass is 10.1. The molecule has 1 unspecified atom stereocenters. The molecule has 2 aliphatic heterocycles. The van der Waals surface area contributed by atoms with Crippen molar-refractivity contribution in [3.63, 3.8) is 0 Å². The maximum absolute atomic E-state index is 12.6. The number of likely N-dealkylation sites (tertiary alicyclic amines) is 1. The molecule has 25 heavy (non-hydrogen) atoms. The zero-order valence-corrected chi connectivity index (χ0v) is 14.8. The smallest absolute Gasteiger partial charge is 0.229 e. The van der Waals surface area contributed by atoms with Crippen LogP contribution in [-0.4, -0.2) is 42.3 Å². The van der Waals surface area contributed by atoms with Gasteiger partial charge in [0.25, 0.3) is 0 Å². The summed E-state index contributed by atoms with van der Waals surface area (Å²) >= 11 is 0. The van der Waals surface area contributed by atoms with Crippen molar-refractivity contribution in [2.45, 2.75) is 33.1 Å². The van der Waals surface area contributed by atoms with Crippen molar-refractivity contribution in [3.05, 3.63) is 24.3 Å². The monoisotopic (exact) mass is 343 g/mol. The second-order valence-electron chi connectivity index (χ2n) is 7.25. The molecular weight excluding hydrogens is 318 g/mol. The predicted octanol–water partition coefficient (Wildman–Crippen LogP) is 2.26. The molecule has 3 amide bonds. The van der Waals surface area contributed by atoms with Gasteiger partial charge in [-0.1, -0.05) is 26.0 Å². The first-order chi connectivity index (χ1) is 12.0. The van der Waals surface area contributed by atoms with Gasteiger partial charge in [0.05, 0.1) is 17.3 Å². The first-order valence-electron chi connectivity index (χ1n) is 8.93. The van der Waals surface area contributed by atoms with E-state index in [1.54, 1.807) is 9.80 Å². The van der Waals surface area contributed by atoms with Gasteiger partial charge in [0.1, 0.15) is 0 Å². The third kappa shape index (κ3) is 3.83. The van der Waals surface area contributed by atoms with Gasteiger partial charge in [-0.25, -0.2) is 0 Å². The van der Waals surface area contributed by atoms with E-state index < -0.39 is 0 Å². The maximum atomic E-state index is 12.6. The fraction of sp³-hybridized carbons (Fsp3) is 0.526. The molecule has 3 rings (SSSR count). The van der Waals surface area contributed by atoms with E-state index in [-0.39, 0.29) is 30.1 Å². The van der Waals surface area contributed by atoms with Crippen molar-refractivity contribution in [1.29, 1.82) is 0 Å². The number of nitrogens with one attached hydrogen (secondary N) is 1. The highest BCUT2D eigenvalue weighted by Crippen LogP contribution is 2.30. The Bertz CT molecular complexity index is 686. The van der Waals surface area contributed by atoms with Gasteiger partial charge in [0.15, 0.2) is 0 Å². The molecule has 0 radical (unpaired) electrons. The normalized spacial score (nSPS) is 20.7. The molecule has 2 fully saturated rings. The number of rotatable bonds is 5. The third-order valence-electron chi connectivity index (χ3n) is 4.70. The Balaban J connectivity index is 1.70. The van der Waals surface area contributed by atoms with Gasteiger partial charge in [-0.15, -0.1) is 0 Å². The van der Waals surface area contributed by atoms with Gasteiger partial charge in [-0.3, -0.25) is 14.4 Å². The molecular formula is C19H25N3O3. The van der Waals surface area contributed by atoms with Gasteiger partial charge in [0.2, 0.25) is 17.7 Å². The first-order valence-corrected chi connectivity index (χ1v) is 8.93. The van der Waals surface area contributed by atoms with Crippen molar-refractivity contribution >= 4 is 29.1 Å². The molecule has 2 aliphatic rings. The van der Waals surface area contributed by atoms with Crippen LogP contribution in [0.3, 0.4) is 0 Å². The minimum absolute atomic E-state index is 0.0388. The lowest BCUT2D eigenvalue weighted by molar-refractivity contribution is -0.128. The van der Waals surface area contributed by atoms with Crippen LogP contribution < -0.4 is 10.2 Å². The number of carbonyl (C=O) groups is 3. The largest absolute Gasteiger partial charge is 0.342 e. The van der Waals surface area contributed by atoms with Crippen molar-refractivity contribution in [2.24, 2.45) is 11.8 Å². The Morgan fingerprint density at radius 1 is 1.24 bits per heavy atom. The molecule has 2 saturated heterocycles. The molecule has 0 saturated carbocycles. The Kier molecular flexibility index (Phi) is 5.06. The van der Waals surface area contributed by atoms with E-state index in [9.17, 15) is 14.4 Å². The summed E-state index contributed by atoms with van der Waals surface area (Å²) in [6, 6.07) is 7.36. The molecule has 1 N–H and O–H groups in total. The molecule has 1 aromatic carbocycles. The van der Waals surface area contributed by atoms with Crippen molar-refractivity contribution < 1.29 is 14.4 Å². The molecule has 6 nitrogen and oxygen atoms in total. The van der Waals surface area contributed by atoms with Gasteiger partial charge in [0, 0.05) is 32.5 Å². The third-order valence-corrected chi connectivity index (χ3v) is 4.70. The zero-order valence-electron chi connectivity index (χ0n) is 14.8. The van der Waals surface area contributed by atoms with Crippen LogP contribution in [-0.2, 0) is 14.4 Å². The zero-order chi connectivity index (χ0) is 18.0. The fourth-order valence-corrected chi connectivity index (χ4v) is 3.52. The number of para-hydroxylation sites is 2. The minimum atomic E-state index is -0.339. The average Bonchev–Trinajstić information content (AvgIpc) is 3.14. The molecule has 2 heterocycles. The molecule has 134 valence electrons. The average molecular weight is 343 g/mol. The van der Waals surface area contributed by atoms with Crippen LogP contribution in [0, 0.1) is 11.8 Å². The summed E-state index contributed by atoms with van der Waals surface area (Å²) in [7, 11) is 0. The summed E-state index contributed by atoms with van der Waals surface area (Å²) in [4.78, 5) is 40.2. The van der Waals surface area contributed by atoms with E-state index >= 15 is 0 Å². The number of amides is 3. The topological polar surface area (TPSA) is 69.7 Å². The highest BCUT2D eigenvalue weighted by Gasteiger charge is 2.35. The molecule has 0 aliphatic carbocycles. The van der Waals surface area contributed by atoms with Crippen LogP contribution in [0.1, 0.15) is 33.1 Å². The van der Waals surface area contributed by atoms with Gasteiger partial charge < -0.3 is 15.1 Å². The molecule has 0 spiro atoms. The number of nitrogens with zero attached hydrogens (tertiary/aromatic N) is 2. The van der Waals surface area contributed by atoms with E-state index in [1.165, 1.54) is 0 Å². The summed E-state index contributed by atoms with van der Waals surface area (Å²) in [5, 5.41) is 2.93. The quantitative estimate of drug-likeness (QED) is 0.891.